The summed E-state index contributed by atoms with van der Waals surface area (Å²) in [7, 11) is 0. The SMILES string of the molecule is O=C1NCCc2nc3c(ccc4c[nH]c(C=Cc5cccc(CC(=O)N6CCOCC6)c5)cc43)c21. The van der Waals surface area contributed by atoms with Gasteiger partial charge in [0.2, 0.25) is 5.91 Å². The molecule has 2 aliphatic rings. The molecule has 0 aliphatic carbocycles. The fraction of sp³-hybridized carbons (Fsp3) is 0.250. The second-order valence-electron chi connectivity index (χ2n) is 9.04. The fourth-order valence-corrected chi connectivity index (χ4v) is 4.93. The first-order chi connectivity index (χ1) is 17.2. The first-order valence-electron chi connectivity index (χ1n) is 12.0. The third kappa shape index (κ3) is 4.19. The standard InChI is InChI=1S/C28H26N4O3/c33-25(32-10-12-35-13-11-32)15-19-3-1-2-18(14-19)4-6-21-16-23-20(17-30-21)5-7-22-26-24(31-27(22)23)8-9-29-28(26)34/h1-7,14,16-17,30H,8-13,15H2,(H,29,34). The van der Waals surface area contributed by atoms with Gasteiger partial charge in [-0.2, -0.15) is 0 Å². The summed E-state index contributed by atoms with van der Waals surface area (Å²) < 4.78 is 5.34. The van der Waals surface area contributed by atoms with E-state index in [0.717, 1.165) is 50.6 Å². The van der Waals surface area contributed by atoms with Gasteiger partial charge in [-0.15, -0.1) is 0 Å². The molecule has 6 rings (SSSR count). The molecule has 2 N–H and O–H groups in total. The van der Waals surface area contributed by atoms with Crippen LogP contribution in [-0.2, 0) is 22.4 Å². The molecule has 2 aromatic carbocycles. The molecule has 4 heterocycles. The number of aromatic amines is 1. The van der Waals surface area contributed by atoms with Gasteiger partial charge in [-0.3, -0.25) is 14.6 Å². The van der Waals surface area contributed by atoms with E-state index in [2.05, 4.69) is 22.4 Å². The van der Waals surface area contributed by atoms with Crippen molar-refractivity contribution in [1.82, 2.24) is 20.2 Å². The number of amides is 2. The van der Waals surface area contributed by atoms with Crippen molar-refractivity contribution in [1.29, 1.82) is 0 Å². The van der Waals surface area contributed by atoms with Crippen molar-refractivity contribution in [2.75, 3.05) is 32.8 Å². The number of morpholine rings is 1. The number of fused-ring (bicyclic) bond motifs is 5. The lowest BCUT2D eigenvalue weighted by Crippen LogP contribution is -2.41. The molecule has 0 saturated carbocycles. The number of hydrogen-bond acceptors (Lipinski definition) is 4. The van der Waals surface area contributed by atoms with Crippen LogP contribution in [0.3, 0.4) is 0 Å². The maximum absolute atomic E-state index is 12.6. The predicted octanol–water partition coefficient (Wildman–Crippen LogP) is 3.57. The average Bonchev–Trinajstić information content (AvgIpc) is 3.29. The zero-order chi connectivity index (χ0) is 23.8. The second kappa shape index (κ2) is 9.00. The van der Waals surface area contributed by atoms with E-state index < -0.39 is 0 Å². The molecular weight excluding hydrogens is 440 g/mol. The largest absolute Gasteiger partial charge is 0.378 e. The van der Waals surface area contributed by atoms with Crippen molar-refractivity contribution in [3.63, 3.8) is 0 Å². The number of benzene rings is 2. The van der Waals surface area contributed by atoms with Crippen molar-refractivity contribution < 1.29 is 14.3 Å². The van der Waals surface area contributed by atoms with Crippen LogP contribution in [-0.4, -0.2) is 59.5 Å². The summed E-state index contributed by atoms with van der Waals surface area (Å²) in [6.45, 7) is 3.18. The molecule has 7 nitrogen and oxygen atoms in total. The number of aromatic nitrogens is 2. The highest BCUT2D eigenvalue weighted by Crippen LogP contribution is 2.31. The Labute approximate surface area is 202 Å². The number of pyridine rings is 1. The molecule has 0 radical (unpaired) electrons. The number of nitrogens with one attached hydrogen (secondary N) is 2. The van der Waals surface area contributed by atoms with Crippen LogP contribution in [0.2, 0.25) is 0 Å². The summed E-state index contributed by atoms with van der Waals surface area (Å²) in [6.07, 6.45) is 7.18. The molecule has 176 valence electrons. The van der Waals surface area contributed by atoms with E-state index in [1.54, 1.807) is 0 Å². The molecule has 1 fully saturated rings. The lowest BCUT2D eigenvalue weighted by atomic mass is 10.0. The van der Waals surface area contributed by atoms with Gasteiger partial charge in [0.05, 0.1) is 36.4 Å². The third-order valence-corrected chi connectivity index (χ3v) is 6.75. The topological polar surface area (TPSA) is 87.3 Å². The second-order valence-corrected chi connectivity index (χ2v) is 9.04. The van der Waals surface area contributed by atoms with Crippen molar-refractivity contribution in [2.45, 2.75) is 12.8 Å². The number of nitrogens with zero attached hydrogens (tertiary/aromatic N) is 2. The van der Waals surface area contributed by atoms with Crippen LogP contribution >= 0.6 is 0 Å². The zero-order valence-corrected chi connectivity index (χ0v) is 19.3. The number of carbonyl (C=O) groups is 2. The monoisotopic (exact) mass is 466 g/mol. The maximum Gasteiger partial charge on any atom is 0.253 e. The minimum Gasteiger partial charge on any atom is -0.378 e. The molecule has 4 aromatic rings. The Kier molecular flexibility index (Phi) is 5.54. The Morgan fingerprint density at radius 2 is 1.97 bits per heavy atom. The van der Waals surface area contributed by atoms with E-state index in [1.807, 2.05) is 53.6 Å². The van der Waals surface area contributed by atoms with Crippen LogP contribution in [0.4, 0.5) is 0 Å². The highest BCUT2D eigenvalue weighted by Gasteiger charge is 2.24. The minimum atomic E-state index is -0.0392. The quantitative estimate of drug-likeness (QED) is 0.481. The molecule has 0 unspecified atom stereocenters. The predicted molar refractivity (Wildman–Crippen MR) is 136 cm³/mol. The third-order valence-electron chi connectivity index (χ3n) is 6.75. The van der Waals surface area contributed by atoms with Crippen LogP contribution in [0.5, 0.6) is 0 Å². The normalized spacial score (nSPS) is 16.1. The molecule has 2 aliphatic heterocycles. The summed E-state index contributed by atoms with van der Waals surface area (Å²) in [5, 5.41) is 5.90. The van der Waals surface area contributed by atoms with Gasteiger partial charge in [0.15, 0.2) is 0 Å². The van der Waals surface area contributed by atoms with E-state index in [0.29, 0.717) is 44.8 Å². The Hall–Kier alpha value is -3.97. The molecule has 35 heavy (non-hydrogen) atoms. The molecule has 1 saturated heterocycles. The number of carbonyl (C=O) groups excluding carboxylic acids is 2. The zero-order valence-electron chi connectivity index (χ0n) is 19.3. The van der Waals surface area contributed by atoms with E-state index in [1.165, 1.54) is 0 Å². The first-order valence-corrected chi connectivity index (χ1v) is 12.0. The fourth-order valence-electron chi connectivity index (χ4n) is 4.93. The van der Waals surface area contributed by atoms with Gasteiger partial charge in [-0.1, -0.05) is 42.5 Å². The van der Waals surface area contributed by atoms with Crippen LogP contribution in [0.1, 0.15) is 32.9 Å². The molecular formula is C28H26N4O3. The van der Waals surface area contributed by atoms with Crippen LogP contribution in [0.25, 0.3) is 33.8 Å². The van der Waals surface area contributed by atoms with E-state index in [4.69, 9.17) is 9.72 Å². The van der Waals surface area contributed by atoms with E-state index in [9.17, 15) is 9.59 Å². The summed E-state index contributed by atoms with van der Waals surface area (Å²) in [4.78, 5) is 35.0. The maximum atomic E-state index is 12.6. The molecule has 7 heteroatoms. The Morgan fingerprint density at radius 1 is 1.09 bits per heavy atom. The van der Waals surface area contributed by atoms with Gasteiger partial charge >= 0.3 is 0 Å². The van der Waals surface area contributed by atoms with Gasteiger partial charge in [0.1, 0.15) is 0 Å². The average molecular weight is 467 g/mol. The summed E-state index contributed by atoms with van der Waals surface area (Å²) in [5.74, 6) is 0.0996. The molecule has 0 spiro atoms. The molecule has 0 bridgehead atoms. The number of hydrogen-bond donors (Lipinski definition) is 2. The first kappa shape index (κ1) is 21.6. The van der Waals surface area contributed by atoms with Crippen molar-refractivity contribution >= 4 is 45.6 Å². The van der Waals surface area contributed by atoms with Crippen molar-refractivity contribution in [3.8, 4) is 0 Å². The van der Waals surface area contributed by atoms with E-state index in [-0.39, 0.29) is 11.8 Å². The Balaban J connectivity index is 1.26. The molecule has 0 atom stereocenters. The number of H-pyrrole nitrogens is 1. The van der Waals surface area contributed by atoms with Crippen LogP contribution < -0.4 is 5.32 Å². The minimum absolute atomic E-state index is 0.0392. The summed E-state index contributed by atoms with van der Waals surface area (Å²) >= 11 is 0. The smallest absolute Gasteiger partial charge is 0.253 e. The Morgan fingerprint density at radius 3 is 2.86 bits per heavy atom. The lowest BCUT2D eigenvalue weighted by molar-refractivity contribution is -0.134. The highest BCUT2D eigenvalue weighted by atomic mass is 16.5. The highest BCUT2D eigenvalue weighted by molar-refractivity contribution is 6.15. The Bertz CT molecular complexity index is 1480. The van der Waals surface area contributed by atoms with Crippen molar-refractivity contribution in [3.05, 3.63) is 76.7 Å². The van der Waals surface area contributed by atoms with Gasteiger partial charge in [-0.05, 0) is 28.7 Å². The lowest BCUT2D eigenvalue weighted by Gasteiger charge is -2.26. The number of rotatable bonds is 4. The van der Waals surface area contributed by atoms with E-state index >= 15 is 0 Å². The number of ether oxygens (including phenoxy) is 1. The molecule has 2 aromatic heterocycles. The summed E-state index contributed by atoms with van der Waals surface area (Å²) in [6, 6.07) is 14.2. The van der Waals surface area contributed by atoms with Gasteiger partial charge < -0.3 is 19.9 Å². The van der Waals surface area contributed by atoms with Gasteiger partial charge in [0, 0.05) is 48.7 Å². The van der Waals surface area contributed by atoms with Crippen LogP contribution in [0, 0.1) is 0 Å². The van der Waals surface area contributed by atoms with Crippen LogP contribution in [0.15, 0.2) is 48.7 Å². The van der Waals surface area contributed by atoms with Crippen molar-refractivity contribution in [2.24, 2.45) is 0 Å². The van der Waals surface area contributed by atoms with Gasteiger partial charge in [0.25, 0.3) is 5.91 Å². The molecule has 2 amide bonds. The van der Waals surface area contributed by atoms with Gasteiger partial charge in [-0.25, -0.2) is 0 Å². The summed E-state index contributed by atoms with van der Waals surface area (Å²) in [5.41, 5.74) is 5.42.